The molecule has 3 nitrogen and oxygen atoms in total. The minimum Gasteiger partial charge on any atom is -0.393 e. The van der Waals surface area contributed by atoms with Crippen molar-refractivity contribution in [1.82, 2.24) is 4.90 Å². The van der Waals surface area contributed by atoms with E-state index in [1.807, 2.05) is 0 Å². The summed E-state index contributed by atoms with van der Waals surface area (Å²) in [6, 6.07) is 7.31. The van der Waals surface area contributed by atoms with Gasteiger partial charge in [0.1, 0.15) is 5.82 Å². The summed E-state index contributed by atoms with van der Waals surface area (Å²) in [6.45, 7) is 0.686. The van der Waals surface area contributed by atoms with Crippen LogP contribution in [0.1, 0.15) is 36.8 Å². The molecule has 1 aromatic rings. The second-order valence-corrected chi connectivity index (χ2v) is 5.60. The van der Waals surface area contributed by atoms with Crippen LogP contribution in [0.5, 0.6) is 0 Å². The number of rotatable bonds is 2. The molecule has 3 rings (SSSR count). The van der Waals surface area contributed by atoms with Crippen LogP contribution in [0.15, 0.2) is 18.2 Å². The lowest BCUT2D eigenvalue weighted by Gasteiger charge is -2.37. The van der Waals surface area contributed by atoms with Crippen molar-refractivity contribution in [3.8, 4) is 6.07 Å². The smallest absolute Gasteiger partial charge is 0.124 e. The second-order valence-electron chi connectivity index (χ2n) is 5.60. The maximum absolute atomic E-state index is 13.1. The fourth-order valence-electron chi connectivity index (χ4n) is 3.49. The summed E-state index contributed by atoms with van der Waals surface area (Å²) in [5.74, 6) is -0.364. The van der Waals surface area contributed by atoms with Crippen LogP contribution in [0.3, 0.4) is 0 Å². The molecule has 0 spiro atoms. The Labute approximate surface area is 112 Å². The highest BCUT2D eigenvalue weighted by Crippen LogP contribution is 2.37. The lowest BCUT2D eigenvalue weighted by atomic mass is 9.98. The molecule has 0 radical (unpaired) electrons. The van der Waals surface area contributed by atoms with E-state index in [2.05, 4.69) is 11.0 Å². The number of nitriles is 1. The minimum atomic E-state index is -0.364. The number of aliphatic hydroxyl groups is 1. The zero-order valence-electron chi connectivity index (χ0n) is 10.7. The molecule has 1 N–H and O–H groups in total. The van der Waals surface area contributed by atoms with Crippen LogP contribution >= 0.6 is 0 Å². The Bertz CT molecular complexity index is 511. The van der Waals surface area contributed by atoms with E-state index in [9.17, 15) is 9.50 Å². The van der Waals surface area contributed by atoms with E-state index in [0.717, 1.165) is 31.2 Å². The molecule has 2 aliphatic heterocycles. The first-order chi connectivity index (χ1) is 9.17. The van der Waals surface area contributed by atoms with Gasteiger partial charge in [0.05, 0.1) is 17.7 Å². The van der Waals surface area contributed by atoms with Crippen molar-refractivity contribution in [1.29, 1.82) is 5.26 Å². The number of aliphatic hydroxyl groups excluding tert-OH is 1. The van der Waals surface area contributed by atoms with Crippen molar-refractivity contribution in [3.63, 3.8) is 0 Å². The summed E-state index contributed by atoms with van der Waals surface area (Å²) < 4.78 is 13.1. The van der Waals surface area contributed by atoms with E-state index >= 15 is 0 Å². The van der Waals surface area contributed by atoms with Gasteiger partial charge < -0.3 is 5.11 Å². The van der Waals surface area contributed by atoms with E-state index in [1.54, 1.807) is 6.07 Å². The topological polar surface area (TPSA) is 47.3 Å². The molecule has 4 heteroatoms. The quantitative estimate of drug-likeness (QED) is 0.886. The van der Waals surface area contributed by atoms with Crippen LogP contribution in [-0.4, -0.2) is 28.2 Å². The highest BCUT2D eigenvalue weighted by molar-refractivity contribution is 5.38. The van der Waals surface area contributed by atoms with E-state index in [4.69, 9.17) is 5.26 Å². The molecule has 2 fully saturated rings. The predicted molar refractivity (Wildman–Crippen MR) is 68.7 cm³/mol. The van der Waals surface area contributed by atoms with Gasteiger partial charge in [0.15, 0.2) is 0 Å². The van der Waals surface area contributed by atoms with E-state index in [0.29, 0.717) is 24.2 Å². The summed E-state index contributed by atoms with van der Waals surface area (Å²) in [4.78, 5) is 2.38. The molecule has 0 amide bonds. The molecule has 2 heterocycles. The molecule has 0 aliphatic carbocycles. The molecule has 19 heavy (non-hydrogen) atoms. The third kappa shape index (κ3) is 2.36. The van der Waals surface area contributed by atoms with Gasteiger partial charge in [0.2, 0.25) is 0 Å². The van der Waals surface area contributed by atoms with Gasteiger partial charge in [-0.3, -0.25) is 4.90 Å². The Morgan fingerprint density at radius 3 is 2.63 bits per heavy atom. The second kappa shape index (κ2) is 4.92. The number of piperidine rings is 1. The largest absolute Gasteiger partial charge is 0.393 e. The maximum atomic E-state index is 13.1. The van der Waals surface area contributed by atoms with Gasteiger partial charge in [-0.25, -0.2) is 4.39 Å². The fourth-order valence-corrected chi connectivity index (χ4v) is 3.49. The fraction of sp³-hybridized carbons (Fsp3) is 0.533. The predicted octanol–water partition coefficient (Wildman–Crippen LogP) is 2.19. The van der Waals surface area contributed by atoms with Gasteiger partial charge in [0.25, 0.3) is 0 Å². The number of hydrogen-bond acceptors (Lipinski definition) is 3. The molecular formula is C15H17FN2O. The highest BCUT2D eigenvalue weighted by Gasteiger charge is 2.40. The van der Waals surface area contributed by atoms with Gasteiger partial charge >= 0.3 is 0 Å². The molecule has 0 aromatic heterocycles. The summed E-state index contributed by atoms with van der Waals surface area (Å²) in [5.41, 5.74) is 1.31. The van der Waals surface area contributed by atoms with Crippen LogP contribution in [0.2, 0.25) is 0 Å². The van der Waals surface area contributed by atoms with Crippen molar-refractivity contribution in [3.05, 3.63) is 35.1 Å². The van der Waals surface area contributed by atoms with Crippen molar-refractivity contribution < 1.29 is 9.50 Å². The van der Waals surface area contributed by atoms with Gasteiger partial charge in [0, 0.05) is 18.6 Å². The third-order valence-corrected chi connectivity index (χ3v) is 4.40. The van der Waals surface area contributed by atoms with Gasteiger partial charge in [-0.15, -0.1) is 0 Å². The SMILES string of the molecule is N#Cc1cc(F)ccc1CN1C2CCC1CC(O)C2. The van der Waals surface area contributed by atoms with Crippen LogP contribution < -0.4 is 0 Å². The third-order valence-electron chi connectivity index (χ3n) is 4.40. The first-order valence-electron chi connectivity index (χ1n) is 6.79. The monoisotopic (exact) mass is 260 g/mol. The molecule has 0 saturated carbocycles. The first-order valence-corrected chi connectivity index (χ1v) is 6.79. The molecular weight excluding hydrogens is 243 g/mol. The van der Waals surface area contributed by atoms with Crippen molar-refractivity contribution in [2.45, 2.75) is 50.4 Å². The summed E-state index contributed by atoms with van der Waals surface area (Å²) in [5, 5.41) is 18.9. The van der Waals surface area contributed by atoms with Crippen molar-refractivity contribution >= 4 is 0 Å². The zero-order valence-corrected chi connectivity index (χ0v) is 10.7. The highest BCUT2D eigenvalue weighted by atomic mass is 19.1. The van der Waals surface area contributed by atoms with Crippen LogP contribution in [0.25, 0.3) is 0 Å². The number of nitrogens with zero attached hydrogens (tertiary/aromatic N) is 2. The molecule has 2 bridgehead atoms. The first kappa shape index (κ1) is 12.6. The summed E-state index contributed by atoms with van der Waals surface area (Å²) in [6.07, 6.45) is 3.69. The maximum Gasteiger partial charge on any atom is 0.124 e. The Balaban J connectivity index is 1.81. The van der Waals surface area contributed by atoms with Crippen LogP contribution in [0, 0.1) is 17.1 Å². The zero-order chi connectivity index (χ0) is 13.4. The van der Waals surface area contributed by atoms with Crippen LogP contribution in [0.4, 0.5) is 4.39 Å². The Morgan fingerprint density at radius 1 is 1.32 bits per heavy atom. The summed E-state index contributed by atoms with van der Waals surface area (Å²) >= 11 is 0. The number of hydrogen-bond donors (Lipinski definition) is 1. The Hall–Kier alpha value is -1.44. The van der Waals surface area contributed by atoms with Gasteiger partial charge in [-0.1, -0.05) is 6.07 Å². The van der Waals surface area contributed by atoms with Crippen LogP contribution in [-0.2, 0) is 6.54 Å². The van der Waals surface area contributed by atoms with Crippen molar-refractivity contribution in [2.24, 2.45) is 0 Å². The van der Waals surface area contributed by atoms with E-state index < -0.39 is 0 Å². The summed E-state index contributed by atoms with van der Waals surface area (Å²) in [7, 11) is 0. The average Bonchev–Trinajstić information content (AvgIpc) is 2.63. The number of benzene rings is 1. The Kier molecular flexibility index (Phi) is 3.26. The van der Waals surface area contributed by atoms with Gasteiger partial charge in [-0.05, 0) is 43.4 Å². The molecule has 2 aliphatic rings. The standard InChI is InChI=1S/C15H17FN2O/c16-12-2-1-10(11(5-12)8-17)9-18-13-3-4-14(18)7-15(19)6-13/h1-2,5,13-15,19H,3-4,6-7,9H2. The lowest BCUT2D eigenvalue weighted by molar-refractivity contribution is 0.0310. The number of halogens is 1. The van der Waals surface area contributed by atoms with Crippen molar-refractivity contribution in [2.75, 3.05) is 0 Å². The molecule has 100 valence electrons. The molecule has 1 aromatic carbocycles. The normalized spacial score (nSPS) is 30.3. The molecule has 2 atom stereocenters. The average molecular weight is 260 g/mol. The van der Waals surface area contributed by atoms with E-state index in [-0.39, 0.29) is 11.9 Å². The van der Waals surface area contributed by atoms with Gasteiger partial charge in [-0.2, -0.15) is 5.26 Å². The minimum absolute atomic E-state index is 0.183. The Morgan fingerprint density at radius 2 is 2.00 bits per heavy atom. The molecule has 2 unspecified atom stereocenters. The number of fused-ring (bicyclic) bond motifs is 2. The lowest BCUT2D eigenvalue weighted by Crippen LogP contribution is -2.44. The van der Waals surface area contributed by atoms with E-state index in [1.165, 1.54) is 12.1 Å². The molecule has 2 saturated heterocycles.